The topological polar surface area (TPSA) is 93.4 Å². The van der Waals surface area contributed by atoms with Crippen LogP contribution in [0.4, 0.5) is 0 Å². The molecule has 1 saturated heterocycles. The number of carbonyl (C=O) groups excluding carboxylic acids is 2. The second-order valence-corrected chi connectivity index (χ2v) is 9.04. The Kier molecular flexibility index (Phi) is 7.74. The first kappa shape index (κ1) is 25.4. The van der Waals surface area contributed by atoms with Crippen LogP contribution in [0, 0.1) is 13.8 Å². The van der Waals surface area contributed by atoms with Crippen molar-refractivity contribution in [2.24, 2.45) is 0 Å². The standard InChI is InChI=1S/C28H33N3O5/c1-5-6-7-16-36-21-12-10-20(11-13-21)24-22(26(33)28(34)31(24)15-17-35-4)25(32)23-19(3)30-14-8-9-18(2)27(30)29-23/h8-14,24,32H,5-7,15-17H2,1-4H3. The summed E-state index contributed by atoms with van der Waals surface area (Å²) < 4.78 is 12.9. The fourth-order valence-electron chi connectivity index (χ4n) is 4.61. The van der Waals surface area contributed by atoms with E-state index in [0.717, 1.165) is 30.6 Å². The van der Waals surface area contributed by atoms with Crippen molar-refractivity contribution in [2.45, 2.75) is 46.1 Å². The van der Waals surface area contributed by atoms with Crippen molar-refractivity contribution in [1.29, 1.82) is 0 Å². The molecule has 4 rings (SSSR count). The van der Waals surface area contributed by atoms with E-state index < -0.39 is 17.7 Å². The summed E-state index contributed by atoms with van der Waals surface area (Å²) in [5.41, 5.74) is 3.32. The molecular formula is C28H33N3O5. The number of likely N-dealkylation sites (tertiary alicyclic amines) is 1. The van der Waals surface area contributed by atoms with Gasteiger partial charge in [-0.15, -0.1) is 0 Å². The molecule has 1 aliphatic rings. The van der Waals surface area contributed by atoms with Gasteiger partial charge in [0.25, 0.3) is 11.7 Å². The molecule has 8 nitrogen and oxygen atoms in total. The molecule has 1 fully saturated rings. The number of hydrogen-bond donors (Lipinski definition) is 1. The zero-order valence-corrected chi connectivity index (χ0v) is 21.3. The summed E-state index contributed by atoms with van der Waals surface area (Å²) in [5, 5.41) is 11.4. The number of nitrogens with zero attached hydrogens (tertiary/aromatic N) is 3. The molecule has 1 amide bonds. The number of Topliss-reactive ketones (excluding diaryl/α,β-unsaturated/α-hetero) is 1. The monoisotopic (exact) mass is 491 g/mol. The van der Waals surface area contributed by atoms with Crippen molar-refractivity contribution >= 4 is 23.1 Å². The number of unbranched alkanes of at least 4 members (excludes halogenated alkanes) is 2. The minimum absolute atomic E-state index is 0.0249. The lowest BCUT2D eigenvalue weighted by Gasteiger charge is -2.25. The van der Waals surface area contributed by atoms with E-state index in [1.807, 2.05) is 60.8 Å². The van der Waals surface area contributed by atoms with E-state index in [9.17, 15) is 14.7 Å². The lowest BCUT2D eigenvalue weighted by atomic mass is 9.96. The van der Waals surface area contributed by atoms with Crippen LogP contribution in [0.15, 0.2) is 48.2 Å². The molecule has 8 heteroatoms. The number of pyridine rings is 1. The number of ether oxygens (including phenoxy) is 2. The fourth-order valence-corrected chi connectivity index (χ4v) is 4.61. The summed E-state index contributed by atoms with van der Waals surface area (Å²) in [6, 6.07) is 10.4. The maximum absolute atomic E-state index is 13.2. The van der Waals surface area contributed by atoms with Gasteiger partial charge in [-0.25, -0.2) is 4.98 Å². The van der Waals surface area contributed by atoms with Crippen LogP contribution >= 0.6 is 0 Å². The quantitative estimate of drug-likeness (QED) is 0.193. The van der Waals surface area contributed by atoms with Crippen LogP contribution in [0.5, 0.6) is 5.75 Å². The van der Waals surface area contributed by atoms with Gasteiger partial charge in [-0.1, -0.05) is 38.0 Å². The Labute approximate surface area is 211 Å². The molecule has 0 spiro atoms. The number of hydrogen-bond acceptors (Lipinski definition) is 6. The van der Waals surface area contributed by atoms with Crippen LogP contribution in [0.25, 0.3) is 11.4 Å². The predicted molar refractivity (Wildman–Crippen MR) is 137 cm³/mol. The maximum Gasteiger partial charge on any atom is 0.295 e. The van der Waals surface area contributed by atoms with Gasteiger partial charge >= 0.3 is 0 Å². The lowest BCUT2D eigenvalue weighted by Crippen LogP contribution is -2.32. The summed E-state index contributed by atoms with van der Waals surface area (Å²) >= 11 is 0. The third kappa shape index (κ3) is 4.73. The molecule has 190 valence electrons. The van der Waals surface area contributed by atoms with E-state index in [1.165, 1.54) is 4.90 Å². The van der Waals surface area contributed by atoms with Crippen LogP contribution in [-0.4, -0.2) is 57.9 Å². The predicted octanol–water partition coefficient (Wildman–Crippen LogP) is 4.59. The van der Waals surface area contributed by atoms with E-state index in [2.05, 4.69) is 11.9 Å². The zero-order valence-electron chi connectivity index (χ0n) is 21.3. The number of aromatic nitrogens is 2. The molecule has 1 aliphatic heterocycles. The fraction of sp³-hybridized carbons (Fsp3) is 0.393. The summed E-state index contributed by atoms with van der Waals surface area (Å²) in [7, 11) is 1.54. The number of rotatable bonds is 10. The van der Waals surface area contributed by atoms with Gasteiger partial charge in [0.05, 0.1) is 30.5 Å². The van der Waals surface area contributed by atoms with Crippen LogP contribution in [-0.2, 0) is 14.3 Å². The van der Waals surface area contributed by atoms with Gasteiger partial charge in [0.2, 0.25) is 0 Å². The minimum Gasteiger partial charge on any atom is -0.505 e. The van der Waals surface area contributed by atoms with Crippen molar-refractivity contribution < 1.29 is 24.2 Å². The van der Waals surface area contributed by atoms with Crippen LogP contribution < -0.4 is 4.74 Å². The van der Waals surface area contributed by atoms with Gasteiger partial charge in [-0.3, -0.25) is 9.59 Å². The van der Waals surface area contributed by atoms with E-state index in [0.29, 0.717) is 23.5 Å². The molecule has 1 unspecified atom stereocenters. The first-order chi connectivity index (χ1) is 17.4. The third-order valence-electron chi connectivity index (χ3n) is 6.60. The van der Waals surface area contributed by atoms with E-state index in [4.69, 9.17) is 9.47 Å². The van der Waals surface area contributed by atoms with Gasteiger partial charge < -0.3 is 23.9 Å². The Morgan fingerprint density at radius 3 is 2.50 bits per heavy atom. The number of methoxy groups -OCH3 is 1. The Morgan fingerprint density at radius 1 is 1.08 bits per heavy atom. The van der Waals surface area contributed by atoms with Crippen molar-refractivity contribution in [2.75, 3.05) is 26.9 Å². The average Bonchev–Trinajstić information content (AvgIpc) is 3.35. The number of amides is 1. The number of aliphatic hydroxyl groups excluding tert-OH is 1. The summed E-state index contributed by atoms with van der Waals surface area (Å²) in [5.74, 6) is -0.966. The van der Waals surface area contributed by atoms with Gasteiger partial charge in [-0.05, 0) is 49.6 Å². The van der Waals surface area contributed by atoms with Crippen LogP contribution in [0.2, 0.25) is 0 Å². The van der Waals surface area contributed by atoms with Gasteiger partial charge in [0.15, 0.2) is 5.76 Å². The summed E-state index contributed by atoms with van der Waals surface area (Å²) in [6.45, 7) is 7.00. The van der Waals surface area contributed by atoms with Gasteiger partial charge in [0, 0.05) is 19.9 Å². The molecule has 3 heterocycles. The van der Waals surface area contributed by atoms with Crippen molar-refractivity contribution in [1.82, 2.24) is 14.3 Å². The normalized spacial score (nSPS) is 17.3. The van der Waals surface area contributed by atoms with E-state index in [1.54, 1.807) is 7.11 Å². The smallest absolute Gasteiger partial charge is 0.295 e. The number of carbonyl (C=O) groups is 2. The van der Waals surface area contributed by atoms with E-state index in [-0.39, 0.29) is 30.2 Å². The minimum atomic E-state index is -0.764. The number of aryl methyl sites for hydroxylation is 2. The SMILES string of the molecule is CCCCCOc1ccc(C2C(=C(O)c3nc4c(C)cccn4c3C)C(=O)C(=O)N2CCOC)cc1. The molecule has 0 aliphatic carbocycles. The third-order valence-corrected chi connectivity index (χ3v) is 6.60. The lowest BCUT2D eigenvalue weighted by molar-refractivity contribution is -0.140. The van der Waals surface area contributed by atoms with Crippen molar-refractivity contribution in [3.05, 3.63) is 70.7 Å². The molecule has 0 bridgehead atoms. The first-order valence-corrected chi connectivity index (χ1v) is 12.3. The second kappa shape index (κ2) is 11.0. The molecule has 0 radical (unpaired) electrons. The highest BCUT2D eigenvalue weighted by molar-refractivity contribution is 6.46. The highest BCUT2D eigenvalue weighted by Gasteiger charge is 2.46. The molecular weight excluding hydrogens is 458 g/mol. The highest BCUT2D eigenvalue weighted by atomic mass is 16.5. The highest BCUT2D eigenvalue weighted by Crippen LogP contribution is 2.40. The second-order valence-electron chi connectivity index (χ2n) is 9.04. The Morgan fingerprint density at radius 2 is 1.83 bits per heavy atom. The average molecular weight is 492 g/mol. The molecule has 1 N–H and O–H groups in total. The van der Waals surface area contributed by atoms with Crippen molar-refractivity contribution in [3.63, 3.8) is 0 Å². The zero-order chi connectivity index (χ0) is 25.8. The Bertz CT molecular complexity index is 1290. The number of ketones is 1. The van der Waals surface area contributed by atoms with Gasteiger partial charge in [-0.2, -0.15) is 0 Å². The number of aliphatic hydroxyl groups is 1. The number of benzene rings is 1. The Hall–Kier alpha value is -3.65. The largest absolute Gasteiger partial charge is 0.505 e. The molecule has 2 aromatic heterocycles. The molecule has 1 atom stereocenters. The molecule has 1 aromatic carbocycles. The number of fused-ring (bicyclic) bond motifs is 1. The van der Waals surface area contributed by atoms with Crippen LogP contribution in [0.1, 0.15) is 54.7 Å². The summed E-state index contributed by atoms with van der Waals surface area (Å²) in [6.07, 6.45) is 5.06. The van der Waals surface area contributed by atoms with E-state index >= 15 is 0 Å². The maximum atomic E-state index is 13.2. The Balaban J connectivity index is 1.77. The van der Waals surface area contributed by atoms with Gasteiger partial charge in [0.1, 0.15) is 17.1 Å². The molecule has 3 aromatic rings. The molecule has 36 heavy (non-hydrogen) atoms. The first-order valence-electron chi connectivity index (χ1n) is 12.3. The molecule has 0 saturated carbocycles. The number of imidazole rings is 1. The van der Waals surface area contributed by atoms with Crippen LogP contribution in [0.3, 0.4) is 0 Å². The van der Waals surface area contributed by atoms with Crippen molar-refractivity contribution in [3.8, 4) is 5.75 Å². The summed E-state index contributed by atoms with van der Waals surface area (Å²) in [4.78, 5) is 32.4.